The largest absolute Gasteiger partial charge is 0.369 e. The van der Waals surface area contributed by atoms with Gasteiger partial charge in [0.15, 0.2) is 0 Å². The standard InChI is InChI=1S/C13H16ClNO.ClH/c1-8-3-4-9-10(12(8)14)6-16-13(2)7-15-5-11(9)13;/h3-4,11,15H,5-7H2,1-2H3;1H. The molecule has 0 bridgehead atoms. The Morgan fingerprint density at radius 1 is 1.47 bits per heavy atom. The maximum atomic E-state index is 6.35. The van der Waals surface area contributed by atoms with Gasteiger partial charge in [0.1, 0.15) is 0 Å². The maximum Gasteiger partial charge on any atom is 0.0863 e. The van der Waals surface area contributed by atoms with E-state index in [1.165, 1.54) is 11.1 Å². The first-order valence-corrected chi connectivity index (χ1v) is 6.12. The molecule has 2 atom stereocenters. The molecule has 1 aromatic rings. The SMILES string of the molecule is Cc1ccc2c(c1Cl)COC1(C)CNCC21.Cl. The summed E-state index contributed by atoms with van der Waals surface area (Å²) in [6, 6.07) is 4.33. The van der Waals surface area contributed by atoms with Crippen molar-refractivity contribution in [2.24, 2.45) is 0 Å². The lowest BCUT2D eigenvalue weighted by Crippen LogP contribution is -2.39. The van der Waals surface area contributed by atoms with Crippen LogP contribution in [-0.4, -0.2) is 18.7 Å². The summed E-state index contributed by atoms with van der Waals surface area (Å²) in [5, 5.41) is 4.29. The van der Waals surface area contributed by atoms with Crippen LogP contribution in [0.15, 0.2) is 12.1 Å². The second-order valence-electron chi connectivity index (χ2n) is 5.05. The summed E-state index contributed by atoms with van der Waals surface area (Å²) in [5.41, 5.74) is 3.65. The van der Waals surface area contributed by atoms with Crippen molar-refractivity contribution in [3.05, 3.63) is 33.8 Å². The van der Waals surface area contributed by atoms with Crippen LogP contribution in [0.25, 0.3) is 0 Å². The van der Waals surface area contributed by atoms with Crippen LogP contribution >= 0.6 is 24.0 Å². The fraction of sp³-hybridized carbons (Fsp3) is 0.538. The molecule has 2 aliphatic heterocycles. The number of rotatable bonds is 0. The Hall–Kier alpha value is -0.280. The number of nitrogens with one attached hydrogen (secondary N) is 1. The van der Waals surface area contributed by atoms with Crippen molar-refractivity contribution >= 4 is 24.0 Å². The molecule has 2 heterocycles. The molecule has 4 heteroatoms. The molecule has 0 aliphatic carbocycles. The van der Waals surface area contributed by atoms with E-state index in [4.69, 9.17) is 16.3 Å². The Balaban J connectivity index is 0.00000108. The lowest BCUT2D eigenvalue weighted by molar-refractivity contribution is -0.0517. The summed E-state index contributed by atoms with van der Waals surface area (Å²) in [5.74, 6) is 0.439. The monoisotopic (exact) mass is 273 g/mol. The van der Waals surface area contributed by atoms with Crippen LogP contribution in [0.4, 0.5) is 0 Å². The van der Waals surface area contributed by atoms with Crippen LogP contribution in [0, 0.1) is 6.92 Å². The van der Waals surface area contributed by atoms with Gasteiger partial charge in [-0.3, -0.25) is 0 Å². The lowest BCUT2D eigenvalue weighted by Gasteiger charge is -2.37. The molecule has 94 valence electrons. The van der Waals surface area contributed by atoms with Crippen molar-refractivity contribution < 1.29 is 4.74 Å². The number of aryl methyl sites for hydroxylation is 1. The van der Waals surface area contributed by atoms with E-state index < -0.39 is 0 Å². The van der Waals surface area contributed by atoms with E-state index in [2.05, 4.69) is 24.4 Å². The number of ether oxygens (including phenoxy) is 1. The highest BCUT2D eigenvalue weighted by molar-refractivity contribution is 6.32. The highest BCUT2D eigenvalue weighted by Gasteiger charge is 2.44. The van der Waals surface area contributed by atoms with Crippen molar-refractivity contribution in [3.8, 4) is 0 Å². The van der Waals surface area contributed by atoms with Gasteiger partial charge < -0.3 is 10.1 Å². The summed E-state index contributed by atoms with van der Waals surface area (Å²) in [6.07, 6.45) is 0. The normalized spacial score (nSPS) is 30.4. The summed E-state index contributed by atoms with van der Waals surface area (Å²) < 4.78 is 6.00. The van der Waals surface area contributed by atoms with Crippen LogP contribution in [-0.2, 0) is 11.3 Å². The minimum Gasteiger partial charge on any atom is -0.369 e. The molecule has 1 saturated heterocycles. The van der Waals surface area contributed by atoms with Crippen LogP contribution in [0.3, 0.4) is 0 Å². The van der Waals surface area contributed by atoms with Crippen LogP contribution in [0.2, 0.25) is 5.02 Å². The molecule has 0 aromatic heterocycles. The molecular weight excluding hydrogens is 257 g/mol. The van der Waals surface area contributed by atoms with Crippen molar-refractivity contribution in [3.63, 3.8) is 0 Å². The number of benzene rings is 1. The van der Waals surface area contributed by atoms with Gasteiger partial charge in [-0.05, 0) is 25.0 Å². The topological polar surface area (TPSA) is 21.3 Å². The lowest BCUT2D eigenvalue weighted by atomic mass is 9.81. The fourth-order valence-corrected chi connectivity index (χ4v) is 3.08. The number of halogens is 2. The quantitative estimate of drug-likeness (QED) is 0.785. The Kier molecular flexibility index (Phi) is 3.43. The summed E-state index contributed by atoms with van der Waals surface area (Å²) in [4.78, 5) is 0. The molecule has 0 amide bonds. The maximum absolute atomic E-state index is 6.35. The van der Waals surface area contributed by atoms with E-state index in [1.807, 2.05) is 6.92 Å². The highest BCUT2D eigenvalue weighted by Crippen LogP contribution is 2.43. The third kappa shape index (κ3) is 1.88. The van der Waals surface area contributed by atoms with Gasteiger partial charge in [-0.25, -0.2) is 0 Å². The number of hydrogen-bond acceptors (Lipinski definition) is 2. The van der Waals surface area contributed by atoms with E-state index in [1.54, 1.807) is 0 Å². The first-order chi connectivity index (χ1) is 7.62. The first kappa shape index (κ1) is 13.2. The predicted octanol–water partition coefficient (Wildman–Crippen LogP) is 3.05. The first-order valence-electron chi connectivity index (χ1n) is 5.74. The van der Waals surface area contributed by atoms with E-state index in [9.17, 15) is 0 Å². The van der Waals surface area contributed by atoms with Gasteiger partial charge in [0.2, 0.25) is 0 Å². The predicted molar refractivity (Wildman–Crippen MR) is 72.2 cm³/mol. The van der Waals surface area contributed by atoms with Gasteiger partial charge >= 0.3 is 0 Å². The third-order valence-corrected chi connectivity index (χ3v) is 4.48. The molecule has 1 aromatic carbocycles. The molecule has 2 aliphatic rings. The summed E-state index contributed by atoms with van der Waals surface area (Å²) in [7, 11) is 0. The molecule has 2 nitrogen and oxygen atoms in total. The van der Waals surface area contributed by atoms with Crippen LogP contribution in [0.1, 0.15) is 29.5 Å². The minimum absolute atomic E-state index is 0. The second kappa shape index (κ2) is 4.43. The fourth-order valence-electron chi connectivity index (χ4n) is 2.86. The Labute approximate surface area is 113 Å². The zero-order valence-electron chi connectivity index (χ0n) is 10.0. The van der Waals surface area contributed by atoms with E-state index in [0.29, 0.717) is 12.5 Å². The molecule has 0 radical (unpaired) electrons. The molecule has 0 saturated carbocycles. The van der Waals surface area contributed by atoms with Crippen molar-refractivity contribution in [2.75, 3.05) is 13.1 Å². The van der Waals surface area contributed by atoms with E-state index in [-0.39, 0.29) is 18.0 Å². The van der Waals surface area contributed by atoms with Crippen LogP contribution < -0.4 is 5.32 Å². The number of fused-ring (bicyclic) bond motifs is 3. The number of hydrogen-bond donors (Lipinski definition) is 1. The van der Waals surface area contributed by atoms with Gasteiger partial charge in [0.05, 0.1) is 12.2 Å². The molecule has 17 heavy (non-hydrogen) atoms. The molecule has 3 rings (SSSR count). The average molecular weight is 274 g/mol. The van der Waals surface area contributed by atoms with Gasteiger partial charge in [-0.1, -0.05) is 23.7 Å². The Morgan fingerprint density at radius 3 is 3.00 bits per heavy atom. The highest BCUT2D eigenvalue weighted by atomic mass is 35.5. The van der Waals surface area contributed by atoms with E-state index >= 15 is 0 Å². The Morgan fingerprint density at radius 2 is 2.24 bits per heavy atom. The molecule has 1 fully saturated rings. The van der Waals surface area contributed by atoms with Gasteiger partial charge in [-0.2, -0.15) is 0 Å². The van der Waals surface area contributed by atoms with Crippen molar-refractivity contribution in [1.29, 1.82) is 0 Å². The molecular formula is C13H17Cl2NO. The van der Waals surface area contributed by atoms with Gasteiger partial charge in [-0.15, -0.1) is 12.4 Å². The second-order valence-corrected chi connectivity index (χ2v) is 5.43. The molecule has 1 N–H and O–H groups in total. The van der Waals surface area contributed by atoms with Gasteiger partial charge in [0, 0.05) is 29.6 Å². The smallest absolute Gasteiger partial charge is 0.0863 e. The van der Waals surface area contributed by atoms with Crippen molar-refractivity contribution in [1.82, 2.24) is 5.32 Å². The van der Waals surface area contributed by atoms with Gasteiger partial charge in [0.25, 0.3) is 0 Å². The zero-order valence-corrected chi connectivity index (χ0v) is 11.6. The van der Waals surface area contributed by atoms with E-state index in [0.717, 1.165) is 23.7 Å². The summed E-state index contributed by atoms with van der Waals surface area (Å²) >= 11 is 6.35. The summed E-state index contributed by atoms with van der Waals surface area (Å²) in [6.45, 7) is 6.80. The van der Waals surface area contributed by atoms with Crippen molar-refractivity contribution in [2.45, 2.75) is 32.0 Å². The molecule has 0 spiro atoms. The third-order valence-electron chi connectivity index (χ3n) is 3.96. The van der Waals surface area contributed by atoms with Crippen LogP contribution in [0.5, 0.6) is 0 Å². The molecule has 2 unspecified atom stereocenters. The Bertz CT molecular complexity index is 449. The average Bonchev–Trinajstić information content (AvgIpc) is 2.65. The zero-order chi connectivity index (χ0) is 11.3. The minimum atomic E-state index is -0.0500.